The van der Waals surface area contributed by atoms with Crippen molar-refractivity contribution in [1.29, 1.82) is 0 Å². The van der Waals surface area contributed by atoms with Crippen LogP contribution in [0.15, 0.2) is 48.5 Å². The zero-order chi connectivity index (χ0) is 20.8. The molecule has 1 aliphatic heterocycles. The minimum atomic E-state index is -1.44. The van der Waals surface area contributed by atoms with Gasteiger partial charge in [-0.15, -0.1) is 0 Å². The lowest BCUT2D eigenvalue weighted by molar-refractivity contribution is -0.217. The smallest absolute Gasteiger partial charge is 0.412 e. The fourth-order valence-corrected chi connectivity index (χ4v) is 2.88. The van der Waals surface area contributed by atoms with Crippen LogP contribution in [0.3, 0.4) is 0 Å². The van der Waals surface area contributed by atoms with E-state index in [0.717, 1.165) is 0 Å². The molecule has 154 valence electrons. The number of halogens is 2. The van der Waals surface area contributed by atoms with E-state index in [1.165, 1.54) is 0 Å². The zero-order valence-corrected chi connectivity index (χ0v) is 16.5. The lowest BCUT2D eigenvalue weighted by atomic mass is 10.1. The number of aliphatic hydroxyl groups excluding tert-OH is 1. The van der Waals surface area contributed by atoms with Crippen LogP contribution >= 0.6 is 23.2 Å². The summed E-state index contributed by atoms with van der Waals surface area (Å²) in [6, 6.07) is 12.8. The molecule has 1 saturated heterocycles. The molecule has 0 bridgehead atoms. The number of carbonyl (C=O) groups excluding carboxylic acids is 2. The largest absolute Gasteiger partial charge is 0.442 e. The molecule has 8 nitrogen and oxygen atoms in total. The second-order valence-corrected chi connectivity index (χ2v) is 7.00. The van der Waals surface area contributed by atoms with Gasteiger partial charge in [0.1, 0.15) is 6.10 Å². The Balaban J connectivity index is 1.59. The number of amides is 2. The molecule has 0 unspecified atom stereocenters. The van der Waals surface area contributed by atoms with Gasteiger partial charge in [0, 0.05) is 27.8 Å². The van der Waals surface area contributed by atoms with Crippen molar-refractivity contribution in [3.05, 3.63) is 58.6 Å². The molecule has 0 spiro atoms. The van der Waals surface area contributed by atoms with Crippen molar-refractivity contribution < 1.29 is 28.9 Å². The van der Waals surface area contributed by atoms with E-state index in [4.69, 9.17) is 37.4 Å². The number of ether oxygens (including phenoxy) is 3. The third kappa shape index (κ3) is 6.23. The highest BCUT2D eigenvalue weighted by Crippen LogP contribution is 2.22. The Hall–Kier alpha value is -2.52. The average Bonchev–Trinajstić information content (AvgIpc) is 2.68. The minimum absolute atomic E-state index is 0.138. The van der Waals surface area contributed by atoms with E-state index < -0.39 is 30.7 Å². The van der Waals surface area contributed by atoms with Gasteiger partial charge in [-0.1, -0.05) is 23.2 Å². The van der Waals surface area contributed by atoms with E-state index >= 15 is 0 Å². The van der Waals surface area contributed by atoms with Gasteiger partial charge in [-0.25, -0.2) is 9.59 Å². The summed E-state index contributed by atoms with van der Waals surface area (Å²) in [5.74, 6) is 0. The first kappa shape index (κ1) is 21.2. The summed E-state index contributed by atoms with van der Waals surface area (Å²) in [5.41, 5.74) is 0.925. The molecule has 3 rings (SSSR count). The predicted octanol–water partition coefficient (Wildman–Crippen LogP) is 4.27. The maximum absolute atomic E-state index is 12.2. The molecule has 1 aliphatic rings. The third-order valence-corrected chi connectivity index (χ3v) is 4.53. The van der Waals surface area contributed by atoms with Gasteiger partial charge in [-0.3, -0.25) is 10.6 Å². The topological polar surface area (TPSA) is 106 Å². The fourth-order valence-electron chi connectivity index (χ4n) is 2.63. The van der Waals surface area contributed by atoms with Crippen molar-refractivity contribution in [3.8, 4) is 0 Å². The Morgan fingerprint density at radius 3 is 1.90 bits per heavy atom. The highest BCUT2D eigenvalue weighted by molar-refractivity contribution is 6.30. The molecular weight excluding hydrogens is 423 g/mol. The summed E-state index contributed by atoms with van der Waals surface area (Å²) in [7, 11) is 0. The van der Waals surface area contributed by atoms with E-state index in [9.17, 15) is 14.7 Å². The van der Waals surface area contributed by atoms with Gasteiger partial charge in [0.2, 0.25) is 0 Å². The van der Waals surface area contributed by atoms with Gasteiger partial charge in [-0.05, 0) is 48.5 Å². The Morgan fingerprint density at radius 1 is 0.897 bits per heavy atom. The number of benzene rings is 2. The molecule has 1 fully saturated rings. The van der Waals surface area contributed by atoms with Gasteiger partial charge in [0.05, 0.1) is 6.61 Å². The molecule has 0 aromatic heterocycles. The quantitative estimate of drug-likeness (QED) is 0.655. The van der Waals surface area contributed by atoms with Crippen molar-refractivity contribution >= 4 is 46.8 Å². The molecule has 3 N–H and O–H groups in total. The monoisotopic (exact) mass is 440 g/mol. The van der Waals surface area contributed by atoms with Gasteiger partial charge >= 0.3 is 12.2 Å². The third-order valence-electron chi connectivity index (χ3n) is 4.02. The lowest BCUT2D eigenvalue weighted by Gasteiger charge is -2.34. The number of anilines is 2. The van der Waals surface area contributed by atoms with Crippen LogP contribution in [-0.4, -0.2) is 42.4 Å². The molecule has 1 heterocycles. The highest BCUT2D eigenvalue weighted by Gasteiger charge is 2.39. The number of nitrogens with one attached hydrogen (secondary N) is 2. The Morgan fingerprint density at radius 2 is 1.38 bits per heavy atom. The molecule has 0 aliphatic carbocycles. The van der Waals surface area contributed by atoms with E-state index in [0.29, 0.717) is 21.4 Å². The van der Waals surface area contributed by atoms with Crippen molar-refractivity contribution in [1.82, 2.24) is 0 Å². The van der Waals surface area contributed by atoms with Crippen LogP contribution in [0.4, 0.5) is 21.0 Å². The van der Waals surface area contributed by atoms with Gasteiger partial charge in [0.15, 0.2) is 12.4 Å². The predicted molar refractivity (Wildman–Crippen MR) is 107 cm³/mol. The maximum atomic E-state index is 12.2. The number of hydrogen-bond acceptors (Lipinski definition) is 6. The van der Waals surface area contributed by atoms with Crippen molar-refractivity contribution in [3.63, 3.8) is 0 Å². The van der Waals surface area contributed by atoms with E-state index in [1.54, 1.807) is 48.5 Å². The maximum Gasteiger partial charge on any atom is 0.412 e. The van der Waals surface area contributed by atoms with Gasteiger partial charge in [0.25, 0.3) is 0 Å². The van der Waals surface area contributed by atoms with Crippen LogP contribution in [0, 0.1) is 0 Å². The number of carbonyl (C=O) groups is 2. The van der Waals surface area contributed by atoms with E-state index in [-0.39, 0.29) is 13.0 Å². The summed E-state index contributed by atoms with van der Waals surface area (Å²) in [5, 5.41) is 16.1. The SMILES string of the molecule is O=C(Nc1ccc(Cl)cc1)O[C@H]1[C@H](O)OCC[C@H]1OC(=O)Nc1ccc(Cl)cc1. The van der Waals surface area contributed by atoms with E-state index in [1.807, 2.05) is 0 Å². The summed E-state index contributed by atoms with van der Waals surface area (Å²) >= 11 is 11.6. The molecule has 0 saturated carbocycles. The first-order valence-corrected chi connectivity index (χ1v) is 9.42. The number of aliphatic hydroxyl groups is 1. The Kier molecular flexibility index (Phi) is 7.16. The zero-order valence-electron chi connectivity index (χ0n) is 15.0. The first-order chi connectivity index (χ1) is 13.9. The van der Waals surface area contributed by atoms with Crippen LogP contribution in [-0.2, 0) is 14.2 Å². The molecule has 2 aromatic rings. The lowest BCUT2D eigenvalue weighted by Crippen LogP contribution is -2.50. The van der Waals surface area contributed by atoms with Crippen LogP contribution < -0.4 is 10.6 Å². The standard InChI is InChI=1S/C19H18Cl2N2O6/c20-11-1-5-13(6-2-11)22-18(25)28-15-9-10-27-17(24)16(15)29-19(26)23-14-7-3-12(21)4-8-14/h1-8,15-17,24H,9-10H2,(H,22,25)(H,23,26)/t15-,16-,17-/m1/s1. The molecule has 29 heavy (non-hydrogen) atoms. The molecule has 2 aromatic carbocycles. The summed E-state index contributed by atoms with van der Waals surface area (Å²) in [4.78, 5) is 24.3. The molecule has 2 amide bonds. The van der Waals surface area contributed by atoms with Crippen molar-refractivity contribution in [2.45, 2.75) is 24.9 Å². The normalized spacial score (nSPS) is 21.1. The summed E-state index contributed by atoms with van der Waals surface area (Å²) in [6.45, 7) is 0.138. The van der Waals surface area contributed by atoms with Gasteiger partial charge < -0.3 is 19.3 Å². The van der Waals surface area contributed by atoms with E-state index in [2.05, 4.69) is 10.6 Å². The first-order valence-electron chi connectivity index (χ1n) is 8.67. The molecular formula is C19H18Cl2N2O6. The number of hydrogen-bond donors (Lipinski definition) is 3. The highest BCUT2D eigenvalue weighted by atomic mass is 35.5. The Labute approximate surface area is 176 Å². The van der Waals surface area contributed by atoms with Crippen LogP contribution in [0.25, 0.3) is 0 Å². The second-order valence-electron chi connectivity index (χ2n) is 6.13. The van der Waals surface area contributed by atoms with Crippen LogP contribution in [0.1, 0.15) is 6.42 Å². The van der Waals surface area contributed by atoms with Crippen LogP contribution in [0.5, 0.6) is 0 Å². The molecule has 3 atom stereocenters. The molecule has 10 heteroatoms. The van der Waals surface area contributed by atoms with Crippen molar-refractivity contribution in [2.75, 3.05) is 17.2 Å². The average molecular weight is 441 g/mol. The van der Waals surface area contributed by atoms with Crippen molar-refractivity contribution in [2.24, 2.45) is 0 Å². The number of rotatable bonds is 4. The minimum Gasteiger partial charge on any atom is -0.442 e. The van der Waals surface area contributed by atoms with Crippen LogP contribution in [0.2, 0.25) is 10.0 Å². The fraction of sp³-hybridized carbons (Fsp3) is 0.263. The summed E-state index contributed by atoms with van der Waals surface area (Å²) in [6.07, 6.45) is -4.90. The Bertz CT molecular complexity index is 847. The second kappa shape index (κ2) is 9.80. The van der Waals surface area contributed by atoms with Gasteiger partial charge in [-0.2, -0.15) is 0 Å². The summed E-state index contributed by atoms with van der Waals surface area (Å²) < 4.78 is 15.7. The molecule has 0 radical (unpaired) electrons.